The molecule has 7 heteroatoms. The van der Waals surface area contributed by atoms with E-state index in [1.807, 2.05) is 40.1 Å². The summed E-state index contributed by atoms with van der Waals surface area (Å²) in [6.07, 6.45) is 0.350. The number of hydrogen-bond acceptors (Lipinski definition) is 5. The SMILES string of the molecule is CC(C)CN1C(=O)CCC12CN([C@H](C(N)=O)[C@@H](C)O)C2COCc1ccccc1. The number of benzene rings is 1. The number of rotatable bonds is 9. The lowest BCUT2D eigenvalue weighted by Crippen LogP contribution is -2.80. The Balaban J connectivity index is 1.80. The first-order chi connectivity index (χ1) is 13.8. The van der Waals surface area contributed by atoms with Crippen LogP contribution in [-0.4, -0.2) is 70.1 Å². The molecule has 1 aromatic rings. The first-order valence-electron chi connectivity index (χ1n) is 10.4. The van der Waals surface area contributed by atoms with Crippen LogP contribution < -0.4 is 5.73 Å². The number of carbonyl (C=O) groups excluding carboxylic acids is 2. The molecule has 1 spiro atoms. The Kier molecular flexibility index (Phi) is 6.61. The minimum absolute atomic E-state index is 0.152. The Morgan fingerprint density at radius 1 is 1.31 bits per heavy atom. The van der Waals surface area contributed by atoms with Crippen molar-refractivity contribution in [2.24, 2.45) is 11.7 Å². The van der Waals surface area contributed by atoms with E-state index in [-0.39, 0.29) is 17.5 Å². The second-order valence-electron chi connectivity index (χ2n) is 8.78. The van der Waals surface area contributed by atoms with Gasteiger partial charge >= 0.3 is 0 Å². The van der Waals surface area contributed by atoms with E-state index in [0.717, 1.165) is 12.0 Å². The quantitative estimate of drug-likeness (QED) is 0.645. The number of aliphatic hydroxyl groups is 1. The van der Waals surface area contributed by atoms with Crippen LogP contribution in [-0.2, 0) is 20.9 Å². The van der Waals surface area contributed by atoms with Crippen LogP contribution in [0.15, 0.2) is 30.3 Å². The van der Waals surface area contributed by atoms with Gasteiger partial charge in [0.1, 0.15) is 6.04 Å². The molecule has 2 saturated heterocycles. The van der Waals surface area contributed by atoms with Gasteiger partial charge < -0.3 is 20.5 Å². The van der Waals surface area contributed by atoms with Crippen molar-refractivity contribution in [2.75, 3.05) is 19.7 Å². The van der Waals surface area contributed by atoms with Gasteiger partial charge in [-0.1, -0.05) is 44.2 Å². The van der Waals surface area contributed by atoms with Gasteiger partial charge in [-0.25, -0.2) is 0 Å². The van der Waals surface area contributed by atoms with Crippen LogP contribution in [0.4, 0.5) is 0 Å². The zero-order chi connectivity index (χ0) is 21.2. The summed E-state index contributed by atoms with van der Waals surface area (Å²) < 4.78 is 6.03. The van der Waals surface area contributed by atoms with Crippen LogP contribution >= 0.6 is 0 Å². The summed E-state index contributed by atoms with van der Waals surface area (Å²) in [6, 6.07) is 8.92. The number of nitrogens with zero attached hydrogens (tertiary/aromatic N) is 2. The monoisotopic (exact) mass is 403 g/mol. The van der Waals surface area contributed by atoms with Crippen molar-refractivity contribution in [2.45, 2.75) is 63.9 Å². The van der Waals surface area contributed by atoms with Crippen molar-refractivity contribution >= 4 is 11.8 Å². The first-order valence-corrected chi connectivity index (χ1v) is 10.4. The zero-order valence-electron chi connectivity index (χ0n) is 17.6. The molecule has 2 fully saturated rings. The van der Waals surface area contributed by atoms with E-state index in [4.69, 9.17) is 10.5 Å². The maximum Gasteiger partial charge on any atom is 0.237 e. The third-order valence-corrected chi connectivity index (χ3v) is 6.13. The van der Waals surface area contributed by atoms with Gasteiger partial charge in [0.2, 0.25) is 11.8 Å². The largest absolute Gasteiger partial charge is 0.391 e. The maximum absolute atomic E-state index is 12.6. The summed E-state index contributed by atoms with van der Waals surface area (Å²) in [4.78, 5) is 28.6. The molecular formula is C22H33N3O4. The molecule has 0 aliphatic carbocycles. The van der Waals surface area contributed by atoms with Gasteiger partial charge in [0.25, 0.3) is 0 Å². The van der Waals surface area contributed by atoms with Crippen molar-refractivity contribution in [3.63, 3.8) is 0 Å². The lowest BCUT2D eigenvalue weighted by molar-refractivity contribution is -0.172. The molecule has 2 aliphatic rings. The van der Waals surface area contributed by atoms with E-state index in [1.54, 1.807) is 6.92 Å². The number of ether oxygens (including phenoxy) is 1. The minimum Gasteiger partial charge on any atom is -0.391 e. The molecule has 2 aliphatic heterocycles. The van der Waals surface area contributed by atoms with Crippen molar-refractivity contribution < 1.29 is 19.4 Å². The highest BCUT2D eigenvalue weighted by Gasteiger charge is 2.62. The number of carbonyl (C=O) groups is 2. The van der Waals surface area contributed by atoms with Gasteiger partial charge in [-0.15, -0.1) is 0 Å². The highest BCUT2D eigenvalue weighted by Crippen LogP contribution is 2.45. The van der Waals surface area contributed by atoms with E-state index < -0.39 is 18.1 Å². The van der Waals surface area contributed by atoms with Gasteiger partial charge in [-0.05, 0) is 24.8 Å². The van der Waals surface area contributed by atoms with E-state index >= 15 is 0 Å². The van der Waals surface area contributed by atoms with Crippen LogP contribution in [0.3, 0.4) is 0 Å². The van der Waals surface area contributed by atoms with Crippen molar-refractivity contribution in [1.82, 2.24) is 9.80 Å². The molecule has 29 heavy (non-hydrogen) atoms. The van der Waals surface area contributed by atoms with Crippen molar-refractivity contribution in [3.8, 4) is 0 Å². The number of nitrogens with two attached hydrogens (primary N) is 1. The third kappa shape index (κ3) is 4.32. The van der Waals surface area contributed by atoms with Crippen molar-refractivity contribution in [3.05, 3.63) is 35.9 Å². The number of likely N-dealkylation sites (tertiary alicyclic amines) is 2. The van der Waals surface area contributed by atoms with E-state index in [9.17, 15) is 14.7 Å². The lowest BCUT2D eigenvalue weighted by Gasteiger charge is -2.61. The van der Waals surface area contributed by atoms with E-state index in [0.29, 0.717) is 38.6 Å². The molecule has 2 unspecified atom stereocenters. The first kappa shape index (κ1) is 21.7. The second kappa shape index (κ2) is 8.81. The van der Waals surface area contributed by atoms with Crippen LogP contribution in [0, 0.1) is 5.92 Å². The number of amides is 2. The van der Waals surface area contributed by atoms with Gasteiger partial charge in [0, 0.05) is 19.5 Å². The summed E-state index contributed by atoms with van der Waals surface area (Å²) in [7, 11) is 0. The van der Waals surface area contributed by atoms with Gasteiger partial charge in [0.15, 0.2) is 0 Å². The molecule has 0 bridgehead atoms. The summed E-state index contributed by atoms with van der Waals surface area (Å²) >= 11 is 0. The Labute approximate surface area is 172 Å². The van der Waals surface area contributed by atoms with E-state index in [2.05, 4.69) is 13.8 Å². The highest BCUT2D eigenvalue weighted by molar-refractivity contribution is 5.82. The smallest absolute Gasteiger partial charge is 0.237 e. The predicted octanol–water partition coefficient (Wildman–Crippen LogP) is 1.14. The van der Waals surface area contributed by atoms with Gasteiger partial charge in [-0.3, -0.25) is 14.5 Å². The van der Waals surface area contributed by atoms with Crippen LogP contribution in [0.5, 0.6) is 0 Å². The molecule has 4 atom stereocenters. The molecule has 7 nitrogen and oxygen atoms in total. The molecule has 0 saturated carbocycles. The second-order valence-corrected chi connectivity index (χ2v) is 8.78. The Morgan fingerprint density at radius 2 is 2.00 bits per heavy atom. The standard InChI is InChI=1S/C22H33N3O4/c1-15(2)11-25-19(27)9-10-22(25)14-24(20(16(3)26)21(23)28)18(22)13-29-12-17-7-5-4-6-8-17/h4-8,15-16,18,20,26H,9-14H2,1-3H3,(H2,23,28)/t16-,18?,20+,22?/m1/s1. The topological polar surface area (TPSA) is 96.1 Å². The Morgan fingerprint density at radius 3 is 2.59 bits per heavy atom. The number of aliphatic hydroxyl groups excluding tert-OH is 1. The fraction of sp³-hybridized carbons (Fsp3) is 0.636. The van der Waals surface area contributed by atoms with Crippen LogP contribution in [0.2, 0.25) is 0 Å². The molecular weight excluding hydrogens is 370 g/mol. The molecule has 1 aromatic carbocycles. The summed E-state index contributed by atoms with van der Waals surface area (Å²) in [5.41, 5.74) is 6.30. The Bertz CT molecular complexity index is 724. The Hall–Kier alpha value is -1.96. The van der Waals surface area contributed by atoms with Gasteiger partial charge in [-0.2, -0.15) is 0 Å². The zero-order valence-corrected chi connectivity index (χ0v) is 17.6. The average molecular weight is 404 g/mol. The molecule has 160 valence electrons. The maximum atomic E-state index is 12.6. The third-order valence-electron chi connectivity index (χ3n) is 6.13. The summed E-state index contributed by atoms with van der Waals surface area (Å²) in [5.74, 6) is -0.0562. The van der Waals surface area contributed by atoms with Crippen LogP contribution in [0.25, 0.3) is 0 Å². The average Bonchev–Trinajstić information content (AvgIpc) is 2.96. The highest BCUT2D eigenvalue weighted by atomic mass is 16.5. The summed E-state index contributed by atoms with van der Waals surface area (Å²) in [6.45, 7) is 7.80. The molecule has 2 heterocycles. The molecule has 0 aromatic heterocycles. The predicted molar refractivity (Wildman–Crippen MR) is 110 cm³/mol. The lowest BCUT2D eigenvalue weighted by atomic mass is 9.75. The molecule has 0 radical (unpaired) electrons. The molecule has 3 rings (SSSR count). The van der Waals surface area contributed by atoms with Crippen LogP contribution in [0.1, 0.15) is 39.2 Å². The normalized spacial score (nSPS) is 26.7. The summed E-state index contributed by atoms with van der Waals surface area (Å²) in [5, 5.41) is 10.2. The number of primary amides is 1. The fourth-order valence-electron chi connectivity index (χ4n) is 4.81. The number of hydrogen-bond donors (Lipinski definition) is 2. The van der Waals surface area contributed by atoms with E-state index in [1.165, 1.54) is 0 Å². The fourth-order valence-corrected chi connectivity index (χ4v) is 4.81. The van der Waals surface area contributed by atoms with Crippen molar-refractivity contribution in [1.29, 1.82) is 0 Å². The molecule has 3 N–H and O–H groups in total. The minimum atomic E-state index is -0.892. The van der Waals surface area contributed by atoms with Gasteiger partial charge in [0.05, 0.1) is 30.9 Å². The molecule has 2 amide bonds.